The zero-order chi connectivity index (χ0) is 29.0. The average molecular weight is 620 g/mol. The van der Waals surface area contributed by atoms with E-state index >= 15 is 0 Å². The Labute approximate surface area is 246 Å². The van der Waals surface area contributed by atoms with Crippen molar-refractivity contribution in [1.82, 2.24) is 19.6 Å². The van der Waals surface area contributed by atoms with Crippen LogP contribution in [-0.2, 0) is 35.0 Å². The van der Waals surface area contributed by atoms with Crippen molar-refractivity contribution in [1.29, 1.82) is 0 Å². The Hall–Kier alpha value is -3.32. The Morgan fingerprint density at radius 3 is 2.59 bits per heavy atom. The number of aromatic nitrogens is 2. The minimum Gasteiger partial charge on any atom is -0.366 e. The summed E-state index contributed by atoms with van der Waals surface area (Å²) in [5, 5.41) is 6.17. The van der Waals surface area contributed by atoms with Gasteiger partial charge in [-0.15, -0.1) is 11.3 Å². The Morgan fingerprint density at radius 2 is 1.90 bits per heavy atom. The van der Waals surface area contributed by atoms with E-state index in [1.165, 1.54) is 23.5 Å². The van der Waals surface area contributed by atoms with Crippen LogP contribution in [0.25, 0.3) is 11.3 Å². The van der Waals surface area contributed by atoms with Crippen LogP contribution in [-0.4, -0.2) is 37.0 Å². The molecule has 2 atom stereocenters. The van der Waals surface area contributed by atoms with E-state index in [1.807, 2.05) is 12.1 Å². The molecule has 1 aliphatic heterocycles. The highest BCUT2D eigenvalue weighted by Crippen LogP contribution is 2.32. The number of carbonyl (C=O) groups is 1. The largest absolute Gasteiger partial charge is 0.416 e. The molecule has 5 rings (SSSR count). The van der Waals surface area contributed by atoms with E-state index < -0.39 is 28.8 Å². The standard InChI is InChI=1S/C28H25ClF3N5O2S2/c29-24-9-10-26(40-24)41(39)37-12-2-4-23(37)27(38)35-17-19-13-22(20-5-7-21(8-6-20)28(30,31)32)36-25(14-19)34-16-18-3-1-11-33-15-18/h1,3,5-11,13-15,23H,2,4,12,16-17H2,(H,34,36)(H,35,38). The second-order valence-corrected chi connectivity index (χ2v) is 12.7. The maximum Gasteiger partial charge on any atom is 0.416 e. The minimum atomic E-state index is -4.44. The van der Waals surface area contributed by atoms with Crippen LogP contribution in [0, 0.1) is 0 Å². The van der Waals surface area contributed by atoms with Crippen molar-refractivity contribution >= 4 is 45.6 Å². The van der Waals surface area contributed by atoms with E-state index in [0.29, 0.717) is 50.7 Å². The summed E-state index contributed by atoms with van der Waals surface area (Å²) in [6, 6.07) is 14.8. The van der Waals surface area contributed by atoms with Crippen LogP contribution in [0.1, 0.15) is 29.5 Å². The highest BCUT2D eigenvalue weighted by molar-refractivity contribution is 7.85. The number of thiophene rings is 1. The molecule has 0 saturated carbocycles. The lowest BCUT2D eigenvalue weighted by Crippen LogP contribution is -2.43. The molecule has 1 aromatic carbocycles. The summed E-state index contributed by atoms with van der Waals surface area (Å²) in [6.45, 7) is 1.10. The average Bonchev–Trinajstić information content (AvgIpc) is 3.64. The van der Waals surface area contributed by atoms with Crippen molar-refractivity contribution in [3.63, 3.8) is 0 Å². The molecular weight excluding hydrogens is 595 g/mol. The zero-order valence-electron chi connectivity index (χ0n) is 21.5. The molecule has 1 aliphatic rings. The highest BCUT2D eigenvalue weighted by Gasteiger charge is 2.35. The molecule has 2 unspecified atom stereocenters. The Balaban J connectivity index is 1.34. The van der Waals surface area contributed by atoms with Crippen molar-refractivity contribution in [3.05, 3.63) is 94.1 Å². The van der Waals surface area contributed by atoms with Gasteiger partial charge in [0.05, 0.1) is 15.6 Å². The van der Waals surface area contributed by atoms with E-state index in [-0.39, 0.29) is 12.5 Å². The summed E-state index contributed by atoms with van der Waals surface area (Å²) >= 11 is 7.23. The molecule has 4 aromatic rings. The molecule has 0 spiro atoms. The molecule has 3 aromatic heterocycles. The number of anilines is 1. The van der Waals surface area contributed by atoms with Gasteiger partial charge in [0, 0.05) is 37.6 Å². The lowest BCUT2D eigenvalue weighted by molar-refractivity contribution is -0.137. The number of nitrogens with one attached hydrogen (secondary N) is 2. The monoisotopic (exact) mass is 619 g/mol. The third-order valence-electron chi connectivity index (χ3n) is 6.50. The first-order chi connectivity index (χ1) is 19.7. The number of pyridine rings is 2. The molecule has 2 N–H and O–H groups in total. The number of halogens is 4. The number of hydrogen-bond donors (Lipinski definition) is 2. The van der Waals surface area contributed by atoms with Crippen LogP contribution < -0.4 is 10.6 Å². The number of nitrogens with zero attached hydrogens (tertiary/aromatic N) is 3. The van der Waals surface area contributed by atoms with Crippen LogP contribution in [0.5, 0.6) is 0 Å². The number of amides is 1. The fraction of sp³-hybridized carbons (Fsp3) is 0.250. The molecule has 13 heteroatoms. The highest BCUT2D eigenvalue weighted by atomic mass is 35.5. The van der Waals surface area contributed by atoms with E-state index in [9.17, 15) is 22.2 Å². The van der Waals surface area contributed by atoms with Gasteiger partial charge in [-0.3, -0.25) is 9.78 Å². The molecule has 4 heterocycles. The Morgan fingerprint density at radius 1 is 1.10 bits per heavy atom. The quantitative estimate of drug-likeness (QED) is 0.230. The fourth-order valence-electron chi connectivity index (χ4n) is 4.47. The summed E-state index contributed by atoms with van der Waals surface area (Å²) in [7, 11) is -1.50. The molecule has 7 nitrogen and oxygen atoms in total. The summed E-state index contributed by atoms with van der Waals surface area (Å²) < 4.78 is 55.2. The van der Waals surface area contributed by atoms with Crippen molar-refractivity contribution in [2.45, 2.75) is 42.4 Å². The van der Waals surface area contributed by atoms with Gasteiger partial charge < -0.3 is 10.6 Å². The molecule has 1 amide bonds. The fourth-order valence-corrected chi connectivity index (χ4v) is 7.37. The lowest BCUT2D eigenvalue weighted by Gasteiger charge is -2.22. The number of alkyl halides is 3. The molecule has 1 fully saturated rings. The summed E-state index contributed by atoms with van der Waals surface area (Å²) in [5.41, 5.74) is 1.83. The maximum absolute atomic E-state index is 13.2. The second-order valence-electron chi connectivity index (χ2n) is 9.36. The maximum atomic E-state index is 13.2. The van der Waals surface area contributed by atoms with Gasteiger partial charge in [-0.2, -0.15) is 13.2 Å². The van der Waals surface area contributed by atoms with E-state index in [0.717, 1.165) is 24.1 Å². The molecule has 0 radical (unpaired) electrons. The first-order valence-electron chi connectivity index (χ1n) is 12.7. The number of carbonyl (C=O) groups excluding carboxylic acids is 1. The van der Waals surface area contributed by atoms with Crippen LogP contribution in [0.3, 0.4) is 0 Å². The third kappa shape index (κ3) is 7.31. The van der Waals surface area contributed by atoms with Gasteiger partial charge in [0.1, 0.15) is 27.1 Å². The normalized spacial score (nSPS) is 16.4. The predicted molar refractivity (Wildman–Crippen MR) is 154 cm³/mol. The summed E-state index contributed by atoms with van der Waals surface area (Å²) in [5.74, 6) is 0.241. The first kappa shape index (κ1) is 29.2. The molecule has 214 valence electrons. The van der Waals surface area contributed by atoms with Crippen molar-refractivity contribution in [3.8, 4) is 11.3 Å². The van der Waals surface area contributed by atoms with Gasteiger partial charge in [-0.25, -0.2) is 13.5 Å². The molecular formula is C28H25ClF3N5O2S2. The van der Waals surface area contributed by atoms with Crippen molar-refractivity contribution in [2.75, 3.05) is 11.9 Å². The molecule has 0 bridgehead atoms. The number of hydrogen-bond acceptors (Lipinski definition) is 6. The van der Waals surface area contributed by atoms with Crippen LogP contribution >= 0.6 is 22.9 Å². The molecule has 41 heavy (non-hydrogen) atoms. The van der Waals surface area contributed by atoms with Gasteiger partial charge in [0.25, 0.3) is 0 Å². The molecule has 1 saturated heterocycles. The Kier molecular flexibility index (Phi) is 9.03. The Bertz CT molecular complexity index is 1530. The van der Waals surface area contributed by atoms with Gasteiger partial charge in [0.15, 0.2) is 0 Å². The zero-order valence-corrected chi connectivity index (χ0v) is 23.9. The van der Waals surface area contributed by atoms with Gasteiger partial charge in [-0.05, 0) is 66.4 Å². The molecule has 0 aliphatic carbocycles. The van der Waals surface area contributed by atoms with Gasteiger partial charge >= 0.3 is 6.18 Å². The first-order valence-corrected chi connectivity index (χ1v) is 15.0. The smallest absolute Gasteiger partial charge is 0.366 e. The minimum absolute atomic E-state index is 0.151. The van der Waals surface area contributed by atoms with Crippen molar-refractivity contribution in [2.24, 2.45) is 0 Å². The number of benzene rings is 1. The SMILES string of the molecule is O=C(NCc1cc(NCc2cccnc2)nc(-c2ccc(C(F)(F)F)cc2)c1)C1CCCN1S(=O)c1ccc(Cl)s1. The summed E-state index contributed by atoms with van der Waals surface area (Å²) in [6.07, 6.45) is 0.252. The predicted octanol–water partition coefficient (Wildman–Crippen LogP) is 6.29. The second kappa shape index (κ2) is 12.7. The van der Waals surface area contributed by atoms with E-state index in [4.69, 9.17) is 11.6 Å². The number of rotatable bonds is 9. The third-order valence-corrected chi connectivity index (χ3v) is 9.54. The van der Waals surface area contributed by atoms with Crippen LogP contribution in [0.15, 0.2) is 77.3 Å². The summed E-state index contributed by atoms with van der Waals surface area (Å²) in [4.78, 5) is 21.9. The van der Waals surface area contributed by atoms with Crippen LogP contribution in [0.4, 0.5) is 19.0 Å². The van der Waals surface area contributed by atoms with Gasteiger partial charge in [-0.1, -0.05) is 29.8 Å². The van der Waals surface area contributed by atoms with Crippen molar-refractivity contribution < 1.29 is 22.2 Å². The van der Waals surface area contributed by atoms with E-state index in [2.05, 4.69) is 20.6 Å². The lowest BCUT2D eigenvalue weighted by atomic mass is 10.1. The van der Waals surface area contributed by atoms with Crippen LogP contribution in [0.2, 0.25) is 4.34 Å². The van der Waals surface area contributed by atoms with E-state index in [1.54, 1.807) is 41.0 Å². The topological polar surface area (TPSA) is 87.2 Å². The van der Waals surface area contributed by atoms with Gasteiger partial charge in [0.2, 0.25) is 5.91 Å².